The van der Waals surface area contributed by atoms with Crippen molar-refractivity contribution < 1.29 is 36.6 Å². The van der Waals surface area contributed by atoms with E-state index in [0.29, 0.717) is 6.42 Å². The van der Waals surface area contributed by atoms with Gasteiger partial charge in [0, 0.05) is 6.42 Å². The lowest BCUT2D eigenvalue weighted by Crippen LogP contribution is -2.35. The van der Waals surface area contributed by atoms with Gasteiger partial charge in [0.1, 0.15) is 0 Å². The Kier molecular flexibility index (Phi) is 4.55. The first kappa shape index (κ1) is 14.7. The van der Waals surface area contributed by atoms with Crippen LogP contribution in [0.15, 0.2) is 11.9 Å². The quantitative estimate of drug-likeness (QED) is 0.570. The molecule has 0 aliphatic carbocycles. The van der Waals surface area contributed by atoms with Crippen molar-refractivity contribution in [1.82, 2.24) is 0 Å². The molecule has 1 fully saturated rings. The summed E-state index contributed by atoms with van der Waals surface area (Å²) in [6.07, 6.45) is -4.94. The van der Waals surface area contributed by atoms with E-state index in [1.54, 1.807) is 6.92 Å². The summed E-state index contributed by atoms with van der Waals surface area (Å²) in [5, 5.41) is 0. The molecular weight excluding hydrogens is 260 g/mol. The van der Waals surface area contributed by atoms with E-state index in [9.17, 15) is 22.4 Å². The number of cyclic esters (lactones) is 2. The largest absolute Gasteiger partial charge is 0.511 e. The molecule has 4 nitrogen and oxygen atoms in total. The van der Waals surface area contributed by atoms with Gasteiger partial charge < -0.3 is 14.2 Å². The minimum absolute atomic E-state index is 0.221. The maximum Gasteiger partial charge on any atom is 0.511 e. The van der Waals surface area contributed by atoms with E-state index in [1.165, 1.54) is 0 Å². The number of rotatable bonds is 5. The predicted octanol–water partition coefficient (Wildman–Crippen LogP) is 3.08. The highest BCUT2D eigenvalue weighted by Crippen LogP contribution is 2.29. The van der Waals surface area contributed by atoms with E-state index in [0.717, 1.165) is 0 Å². The minimum atomic E-state index is -5.04. The SMILES string of the molecule is CCCC1(OCC=C(F)C(F)(F)F)COC(=O)O1. The first-order valence-electron chi connectivity index (χ1n) is 5.22. The fraction of sp³-hybridized carbons (Fsp3) is 0.700. The monoisotopic (exact) mass is 272 g/mol. The average Bonchev–Trinajstić information content (AvgIpc) is 2.59. The third-order valence-electron chi connectivity index (χ3n) is 2.19. The van der Waals surface area contributed by atoms with Crippen LogP contribution in [0.25, 0.3) is 0 Å². The third kappa shape index (κ3) is 3.86. The predicted molar refractivity (Wildman–Crippen MR) is 51.3 cm³/mol. The normalized spacial score (nSPS) is 24.9. The molecule has 0 aromatic heterocycles. The zero-order chi connectivity index (χ0) is 13.8. The van der Waals surface area contributed by atoms with Crippen LogP contribution in [0.4, 0.5) is 22.4 Å². The summed E-state index contributed by atoms with van der Waals surface area (Å²) >= 11 is 0. The van der Waals surface area contributed by atoms with E-state index in [2.05, 4.69) is 4.74 Å². The number of carbonyl (C=O) groups excluding carboxylic acids is 1. The van der Waals surface area contributed by atoms with Crippen LogP contribution in [0.1, 0.15) is 19.8 Å². The Morgan fingerprint density at radius 2 is 2.22 bits per heavy atom. The van der Waals surface area contributed by atoms with Crippen molar-refractivity contribution in [2.24, 2.45) is 0 Å². The summed E-state index contributed by atoms with van der Waals surface area (Å²) in [5.41, 5.74) is 0. The molecule has 104 valence electrons. The Balaban J connectivity index is 2.57. The van der Waals surface area contributed by atoms with Crippen LogP contribution in [0.2, 0.25) is 0 Å². The molecule has 0 N–H and O–H groups in total. The van der Waals surface area contributed by atoms with E-state index >= 15 is 0 Å². The van der Waals surface area contributed by atoms with Crippen molar-refractivity contribution >= 4 is 6.16 Å². The highest BCUT2D eigenvalue weighted by atomic mass is 19.4. The van der Waals surface area contributed by atoms with Gasteiger partial charge >= 0.3 is 12.3 Å². The lowest BCUT2D eigenvalue weighted by molar-refractivity contribution is -0.177. The first-order chi connectivity index (χ1) is 8.29. The Morgan fingerprint density at radius 1 is 1.56 bits per heavy atom. The number of hydrogen-bond acceptors (Lipinski definition) is 4. The van der Waals surface area contributed by atoms with E-state index in [-0.39, 0.29) is 19.1 Å². The summed E-state index contributed by atoms with van der Waals surface area (Å²) in [4.78, 5) is 10.8. The molecule has 1 saturated heterocycles. The molecule has 1 aliphatic heterocycles. The summed E-state index contributed by atoms with van der Waals surface area (Å²) < 4.78 is 62.3. The number of hydrogen-bond donors (Lipinski definition) is 0. The van der Waals surface area contributed by atoms with Crippen LogP contribution in [0.3, 0.4) is 0 Å². The topological polar surface area (TPSA) is 44.8 Å². The smallest absolute Gasteiger partial charge is 0.427 e. The molecule has 1 rings (SSSR count). The highest BCUT2D eigenvalue weighted by molar-refractivity contribution is 5.62. The second-order valence-electron chi connectivity index (χ2n) is 3.66. The molecule has 0 radical (unpaired) electrons. The molecule has 0 bridgehead atoms. The lowest BCUT2D eigenvalue weighted by atomic mass is 10.1. The Morgan fingerprint density at radius 3 is 2.67 bits per heavy atom. The Bertz CT molecular complexity index is 339. The van der Waals surface area contributed by atoms with Crippen LogP contribution in [-0.2, 0) is 14.2 Å². The maximum absolute atomic E-state index is 12.5. The standard InChI is InChI=1S/C10H12F4O4/c1-2-4-9(6-16-8(15)18-9)17-5-3-7(11)10(12,13)14/h3H,2,4-6H2,1H3. The minimum Gasteiger partial charge on any atom is -0.427 e. The summed E-state index contributed by atoms with van der Waals surface area (Å²) in [6.45, 7) is 0.881. The van der Waals surface area contributed by atoms with Crippen LogP contribution in [0, 0.1) is 0 Å². The van der Waals surface area contributed by atoms with Crippen molar-refractivity contribution in [2.45, 2.75) is 31.7 Å². The molecule has 0 saturated carbocycles. The molecule has 18 heavy (non-hydrogen) atoms. The molecule has 0 amide bonds. The Labute approximate surface area is 100 Å². The van der Waals surface area contributed by atoms with Gasteiger partial charge in [-0.05, 0) is 12.5 Å². The van der Waals surface area contributed by atoms with Gasteiger partial charge in [-0.15, -0.1) is 0 Å². The van der Waals surface area contributed by atoms with Gasteiger partial charge in [-0.3, -0.25) is 0 Å². The van der Waals surface area contributed by atoms with E-state index in [4.69, 9.17) is 9.47 Å². The van der Waals surface area contributed by atoms with Gasteiger partial charge in [0.05, 0.1) is 6.61 Å². The molecule has 1 heterocycles. The molecular formula is C10H12F4O4. The van der Waals surface area contributed by atoms with Crippen molar-refractivity contribution in [1.29, 1.82) is 0 Å². The lowest BCUT2D eigenvalue weighted by Gasteiger charge is -2.23. The number of allylic oxidation sites excluding steroid dienone is 1. The maximum atomic E-state index is 12.5. The molecule has 1 atom stereocenters. The number of ether oxygens (including phenoxy) is 3. The van der Waals surface area contributed by atoms with Crippen molar-refractivity contribution in [3.8, 4) is 0 Å². The van der Waals surface area contributed by atoms with Crippen molar-refractivity contribution in [3.63, 3.8) is 0 Å². The van der Waals surface area contributed by atoms with Crippen LogP contribution < -0.4 is 0 Å². The zero-order valence-corrected chi connectivity index (χ0v) is 9.55. The van der Waals surface area contributed by atoms with Gasteiger partial charge in [0.25, 0.3) is 5.79 Å². The molecule has 0 spiro atoms. The molecule has 0 aromatic carbocycles. The first-order valence-corrected chi connectivity index (χ1v) is 5.22. The highest BCUT2D eigenvalue weighted by Gasteiger charge is 2.43. The molecule has 1 unspecified atom stereocenters. The van der Waals surface area contributed by atoms with Gasteiger partial charge in [-0.2, -0.15) is 13.2 Å². The van der Waals surface area contributed by atoms with Crippen molar-refractivity contribution in [3.05, 3.63) is 11.9 Å². The second-order valence-corrected chi connectivity index (χ2v) is 3.66. The van der Waals surface area contributed by atoms with Gasteiger partial charge in [0.2, 0.25) is 5.83 Å². The fourth-order valence-corrected chi connectivity index (χ4v) is 1.41. The van der Waals surface area contributed by atoms with E-state index in [1.807, 2.05) is 0 Å². The number of halogens is 4. The number of alkyl halides is 3. The molecule has 1 aliphatic rings. The Hall–Kier alpha value is -1.31. The van der Waals surface area contributed by atoms with E-state index < -0.39 is 30.6 Å². The second kappa shape index (κ2) is 5.55. The summed E-state index contributed by atoms with van der Waals surface area (Å²) in [6, 6.07) is 0. The van der Waals surface area contributed by atoms with Crippen LogP contribution >= 0.6 is 0 Å². The average molecular weight is 272 g/mol. The van der Waals surface area contributed by atoms with Crippen molar-refractivity contribution in [2.75, 3.05) is 13.2 Å². The number of carbonyl (C=O) groups is 1. The van der Waals surface area contributed by atoms with Gasteiger partial charge in [0.15, 0.2) is 6.61 Å². The summed E-state index contributed by atoms with van der Waals surface area (Å²) in [5.74, 6) is -3.67. The summed E-state index contributed by atoms with van der Waals surface area (Å²) in [7, 11) is 0. The molecule has 0 aromatic rings. The van der Waals surface area contributed by atoms with Gasteiger partial charge in [-0.25, -0.2) is 9.18 Å². The fourth-order valence-electron chi connectivity index (χ4n) is 1.41. The van der Waals surface area contributed by atoms with Gasteiger partial charge in [-0.1, -0.05) is 6.92 Å². The third-order valence-corrected chi connectivity index (χ3v) is 2.19. The zero-order valence-electron chi connectivity index (χ0n) is 9.55. The van der Waals surface area contributed by atoms with Crippen LogP contribution in [-0.4, -0.2) is 31.3 Å². The molecule has 8 heteroatoms. The van der Waals surface area contributed by atoms with Crippen LogP contribution in [0.5, 0.6) is 0 Å².